The molecule has 1 aliphatic rings. The van der Waals surface area contributed by atoms with Gasteiger partial charge in [-0.1, -0.05) is 60.7 Å². The maximum Gasteiger partial charge on any atom is 0.408 e. The van der Waals surface area contributed by atoms with Gasteiger partial charge in [-0.15, -0.1) is 11.3 Å². The summed E-state index contributed by atoms with van der Waals surface area (Å²) in [6.45, 7) is 4.95. The highest BCUT2D eigenvalue weighted by Crippen LogP contribution is 2.22. The molecule has 0 saturated carbocycles. The molecule has 8 heteroatoms. The van der Waals surface area contributed by atoms with Crippen LogP contribution in [0.5, 0.6) is 0 Å². The van der Waals surface area contributed by atoms with Gasteiger partial charge in [0.2, 0.25) is 5.91 Å². The lowest BCUT2D eigenvalue weighted by molar-refractivity contribution is -0.133. The molecule has 0 radical (unpaired) electrons. The first-order valence-electron chi connectivity index (χ1n) is 11.6. The number of rotatable bonds is 7. The molecule has 1 N–H and O–H groups in total. The molecule has 3 aromatic rings. The number of aryl methyl sites for hydroxylation is 1. The highest BCUT2D eigenvalue weighted by molar-refractivity contribution is 7.13. The normalized spacial score (nSPS) is 14.9. The fourth-order valence-corrected chi connectivity index (χ4v) is 4.85. The first-order chi connectivity index (χ1) is 16.6. The Morgan fingerprint density at radius 3 is 2.38 bits per heavy atom. The van der Waals surface area contributed by atoms with Crippen LogP contribution in [0, 0.1) is 6.92 Å². The molecule has 1 saturated heterocycles. The third-order valence-electron chi connectivity index (χ3n) is 5.77. The van der Waals surface area contributed by atoms with Crippen molar-refractivity contribution in [3.63, 3.8) is 0 Å². The predicted molar refractivity (Wildman–Crippen MR) is 134 cm³/mol. The monoisotopic (exact) mass is 478 g/mol. The number of benzene rings is 2. The maximum absolute atomic E-state index is 13.5. The molecule has 1 aliphatic heterocycles. The van der Waals surface area contributed by atoms with Crippen LogP contribution in [0.2, 0.25) is 0 Å². The van der Waals surface area contributed by atoms with Crippen LogP contribution in [0.1, 0.15) is 23.2 Å². The lowest BCUT2D eigenvalue weighted by atomic mass is 10.0. The van der Waals surface area contributed by atoms with Crippen LogP contribution in [-0.4, -0.2) is 54.1 Å². The first-order valence-corrected chi connectivity index (χ1v) is 12.4. The fourth-order valence-electron chi connectivity index (χ4n) is 3.99. The van der Waals surface area contributed by atoms with Crippen molar-refractivity contribution in [1.82, 2.24) is 15.2 Å². The van der Waals surface area contributed by atoms with Gasteiger partial charge in [-0.05, 0) is 24.5 Å². The van der Waals surface area contributed by atoms with Gasteiger partial charge in [-0.25, -0.2) is 9.78 Å². The fraction of sp³-hybridized carbons (Fsp3) is 0.346. The molecule has 4 rings (SSSR count). The quantitative estimate of drug-likeness (QED) is 0.555. The van der Waals surface area contributed by atoms with Gasteiger partial charge in [0, 0.05) is 38.0 Å². The number of alkyl carbamates (subject to hydrolysis) is 1. The smallest absolute Gasteiger partial charge is 0.408 e. The van der Waals surface area contributed by atoms with Crippen molar-refractivity contribution < 1.29 is 14.3 Å². The highest BCUT2D eigenvalue weighted by atomic mass is 32.1. The summed E-state index contributed by atoms with van der Waals surface area (Å²) in [5, 5.41) is 5.86. The summed E-state index contributed by atoms with van der Waals surface area (Å²) >= 11 is 1.63. The third-order valence-corrected chi connectivity index (χ3v) is 6.79. The average Bonchev–Trinajstić information content (AvgIpc) is 3.14. The molecular formula is C26H30N4O3S. The van der Waals surface area contributed by atoms with E-state index in [4.69, 9.17) is 4.74 Å². The zero-order chi connectivity index (χ0) is 23.8. The van der Waals surface area contributed by atoms with Crippen molar-refractivity contribution in [2.75, 3.05) is 31.1 Å². The number of aromatic nitrogens is 1. The number of amides is 2. The molecule has 1 atom stereocenters. The number of anilines is 1. The molecule has 1 aromatic heterocycles. The van der Waals surface area contributed by atoms with E-state index in [2.05, 4.69) is 15.2 Å². The summed E-state index contributed by atoms with van der Waals surface area (Å²) in [5.74, 6) is -0.0855. The van der Waals surface area contributed by atoms with Gasteiger partial charge >= 0.3 is 6.09 Å². The zero-order valence-corrected chi connectivity index (χ0v) is 20.2. The van der Waals surface area contributed by atoms with Crippen LogP contribution >= 0.6 is 11.3 Å². The predicted octanol–water partition coefficient (Wildman–Crippen LogP) is 4.03. The topological polar surface area (TPSA) is 74.8 Å². The molecule has 2 heterocycles. The minimum Gasteiger partial charge on any atom is -0.445 e. The summed E-state index contributed by atoms with van der Waals surface area (Å²) in [5.41, 5.74) is 2.89. The van der Waals surface area contributed by atoms with Crippen molar-refractivity contribution >= 4 is 28.5 Å². The van der Waals surface area contributed by atoms with Gasteiger partial charge in [0.15, 0.2) is 5.13 Å². The van der Waals surface area contributed by atoms with Crippen LogP contribution in [0.3, 0.4) is 0 Å². The second-order valence-corrected chi connectivity index (χ2v) is 9.22. The Morgan fingerprint density at radius 2 is 1.71 bits per heavy atom. The van der Waals surface area contributed by atoms with Crippen molar-refractivity contribution in [3.05, 3.63) is 82.9 Å². The molecule has 1 fully saturated rings. The molecule has 2 amide bonds. The second-order valence-electron chi connectivity index (χ2n) is 8.39. The lowest BCUT2D eigenvalue weighted by Crippen LogP contribution is -2.50. The molecule has 1 unspecified atom stereocenters. The minimum atomic E-state index is -0.695. The standard InChI is InChI=1S/C26H30N4O3S/c1-20-19-34-25(27-20)30-14-8-13-29(15-16-30)24(31)23(17-21-9-4-2-5-10-21)28-26(32)33-18-22-11-6-3-7-12-22/h2-7,9-12,19,23H,8,13-18H2,1H3,(H,28,32). The Bertz CT molecular complexity index is 1070. The van der Waals surface area contributed by atoms with Crippen LogP contribution in [0.4, 0.5) is 9.93 Å². The summed E-state index contributed by atoms with van der Waals surface area (Å²) in [7, 11) is 0. The second kappa shape index (κ2) is 11.7. The maximum atomic E-state index is 13.5. The van der Waals surface area contributed by atoms with Crippen LogP contribution in [0.25, 0.3) is 0 Å². The number of hydrogen-bond acceptors (Lipinski definition) is 6. The third kappa shape index (κ3) is 6.57. The summed E-state index contributed by atoms with van der Waals surface area (Å²) in [6, 6.07) is 18.5. The van der Waals surface area contributed by atoms with Gasteiger partial charge in [-0.3, -0.25) is 4.79 Å². The Hall–Kier alpha value is -3.39. The molecule has 7 nitrogen and oxygen atoms in total. The van der Waals surface area contributed by atoms with Crippen LogP contribution < -0.4 is 10.2 Å². The van der Waals surface area contributed by atoms with E-state index in [0.29, 0.717) is 19.5 Å². The van der Waals surface area contributed by atoms with E-state index in [1.54, 1.807) is 11.3 Å². The minimum absolute atomic E-state index is 0.0855. The number of thiazole rings is 1. The Balaban J connectivity index is 1.41. The van der Waals surface area contributed by atoms with Gasteiger partial charge in [-0.2, -0.15) is 0 Å². The van der Waals surface area contributed by atoms with Gasteiger partial charge in [0.05, 0.1) is 5.69 Å². The Kier molecular flexibility index (Phi) is 8.14. The van der Waals surface area contributed by atoms with E-state index in [0.717, 1.165) is 41.5 Å². The molecule has 178 valence electrons. The van der Waals surface area contributed by atoms with E-state index in [1.165, 1.54) is 0 Å². The number of nitrogens with zero attached hydrogens (tertiary/aromatic N) is 3. The summed E-state index contributed by atoms with van der Waals surface area (Å²) in [4.78, 5) is 34.8. The van der Waals surface area contributed by atoms with Crippen molar-refractivity contribution in [1.29, 1.82) is 0 Å². The van der Waals surface area contributed by atoms with Gasteiger partial charge in [0.1, 0.15) is 12.6 Å². The summed E-state index contributed by atoms with van der Waals surface area (Å²) < 4.78 is 5.40. The lowest BCUT2D eigenvalue weighted by Gasteiger charge is -2.27. The number of nitrogens with one attached hydrogen (secondary N) is 1. The van der Waals surface area contributed by atoms with Crippen molar-refractivity contribution in [2.24, 2.45) is 0 Å². The number of carbonyl (C=O) groups excluding carboxylic acids is 2. The average molecular weight is 479 g/mol. The Labute approximate surface area is 204 Å². The highest BCUT2D eigenvalue weighted by Gasteiger charge is 2.29. The van der Waals surface area contributed by atoms with Crippen molar-refractivity contribution in [3.8, 4) is 0 Å². The van der Waals surface area contributed by atoms with Gasteiger partial charge < -0.3 is 19.9 Å². The molecule has 0 spiro atoms. The molecule has 34 heavy (non-hydrogen) atoms. The number of hydrogen-bond donors (Lipinski definition) is 1. The number of carbonyl (C=O) groups is 2. The Morgan fingerprint density at radius 1 is 1.00 bits per heavy atom. The van der Waals surface area contributed by atoms with E-state index in [9.17, 15) is 9.59 Å². The van der Waals surface area contributed by atoms with E-state index in [1.807, 2.05) is 77.9 Å². The zero-order valence-electron chi connectivity index (χ0n) is 19.4. The molecule has 0 aliphatic carbocycles. The molecule has 2 aromatic carbocycles. The largest absolute Gasteiger partial charge is 0.445 e. The van der Waals surface area contributed by atoms with Crippen LogP contribution in [0.15, 0.2) is 66.0 Å². The van der Waals surface area contributed by atoms with Gasteiger partial charge in [0.25, 0.3) is 0 Å². The van der Waals surface area contributed by atoms with Crippen LogP contribution in [-0.2, 0) is 22.6 Å². The number of ether oxygens (including phenoxy) is 1. The van der Waals surface area contributed by atoms with Crippen molar-refractivity contribution in [2.45, 2.75) is 32.4 Å². The first kappa shape index (κ1) is 23.8. The SMILES string of the molecule is Cc1csc(N2CCCN(C(=O)C(Cc3ccccc3)NC(=O)OCc3ccccc3)CC2)n1. The summed E-state index contributed by atoms with van der Waals surface area (Å²) in [6.07, 6.45) is 0.667. The molecular weight excluding hydrogens is 448 g/mol. The van der Waals surface area contributed by atoms with E-state index >= 15 is 0 Å². The van der Waals surface area contributed by atoms with E-state index in [-0.39, 0.29) is 12.5 Å². The molecule has 0 bridgehead atoms. The van der Waals surface area contributed by atoms with E-state index < -0.39 is 12.1 Å².